The lowest BCUT2D eigenvalue weighted by Crippen LogP contribution is -2.18. The smallest absolute Gasteiger partial charge is 0.230 e. The third-order valence-corrected chi connectivity index (χ3v) is 10.0. The molecule has 0 aromatic heterocycles. The number of epoxide rings is 4. The van der Waals surface area contributed by atoms with E-state index < -0.39 is 5.79 Å². The summed E-state index contributed by atoms with van der Waals surface area (Å²) in [5.41, 5.74) is 0. The Morgan fingerprint density at radius 1 is 0.475 bits per heavy atom. The molecule has 5 aromatic carbocycles. The summed E-state index contributed by atoms with van der Waals surface area (Å²) >= 11 is 0. The lowest BCUT2D eigenvalue weighted by Gasteiger charge is -2.21. The third kappa shape index (κ3) is 9.93. The van der Waals surface area contributed by atoms with Crippen LogP contribution in [0.25, 0.3) is 0 Å². The minimum atomic E-state index is -0.650. The highest BCUT2D eigenvalue weighted by Gasteiger charge is 2.77. The van der Waals surface area contributed by atoms with Crippen molar-refractivity contribution in [2.24, 2.45) is 0 Å². The minimum absolute atomic E-state index is 0.175. The van der Waals surface area contributed by atoms with Crippen LogP contribution in [0.1, 0.15) is 6.42 Å². The normalized spacial score (nSPS) is 24.3. The second-order valence-electron chi connectivity index (χ2n) is 14.6. The Morgan fingerprint density at radius 2 is 0.915 bits per heavy atom. The van der Waals surface area contributed by atoms with Crippen LogP contribution in [-0.4, -0.2) is 75.9 Å². The summed E-state index contributed by atoms with van der Waals surface area (Å²) < 4.78 is 70.2. The van der Waals surface area contributed by atoms with Gasteiger partial charge in [-0.2, -0.15) is 0 Å². The van der Waals surface area contributed by atoms with Crippen LogP contribution in [0.4, 0.5) is 0 Å². The van der Waals surface area contributed by atoms with Gasteiger partial charge in [0.25, 0.3) is 0 Å². The second-order valence-corrected chi connectivity index (χ2v) is 14.6. The Hall–Kier alpha value is -6.18. The molecule has 5 aromatic rings. The highest BCUT2D eigenvalue weighted by Crippen LogP contribution is 2.55. The molecule has 0 N–H and O–H groups in total. The predicted octanol–water partition coefficient (Wildman–Crippen LogP) is 8.45. The van der Waals surface area contributed by atoms with Gasteiger partial charge in [-0.1, -0.05) is 18.2 Å². The van der Waals surface area contributed by atoms with E-state index in [0.29, 0.717) is 78.8 Å². The Bertz CT molecular complexity index is 2270. The maximum atomic E-state index is 6.28. The zero-order valence-electron chi connectivity index (χ0n) is 32.0. The Kier molecular flexibility index (Phi) is 10.4. The van der Waals surface area contributed by atoms with Gasteiger partial charge in [0.05, 0.1) is 13.2 Å². The van der Waals surface area contributed by atoms with E-state index in [0.717, 1.165) is 30.5 Å². The van der Waals surface area contributed by atoms with E-state index in [9.17, 15) is 0 Å². The van der Waals surface area contributed by atoms with E-state index in [1.54, 1.807) is 0 Å². The van der Waals surface area contributed by atoms with Crippen LogP contribution in [-0.2, 0) is 18.9 Å². The third-order valence-electron chi connectivity index (χ3n) is 10.0. The van der Waals surface area contributed by atoms with Crippen molar-refractivity contribution in [2.75, 3.05) is 39.6 Å². The molecule has 59 heavy (non-hydrogen) atoms. The number of allylic oxidation sites excluding steroid dienone is 2. The van der Waals surface area contributed by atoms with E-state index in [1.165, 1.54) is 0 Å². The highest BCUT2D eigenvalue weighted by molar-refractivity contribution is 5.41. The van der Waals surface area contributed by atoms with Gasteiger partial charge in [0.1, 0.15) is 108 Å². The van der Waals surface area contributed by atoms with E-state index in [-0.39, 0.29) is 30.5 Å². The van der Waals surface area contributed by atoms with Crippen molar-refractivity contribution in [3.05, 3.63) is 145 Å². The van der Waals surface area contributed by atoms with Crippen LogP contribution in [0.15, 0.2) is 145 Å². The average Bonchev–Trinajstić information content (AvgIpc) is 4.06. The fraction of sp³-hybridized carbons (Fsp3) is 0.277. The van der Waals surface area contributed by atoms with Gasteiger partial charge in [-0.15, -0.1) is 0 Å². The molecule has 10 rings (SSSR count). The molecule has 4 fully saturated rings. The Balaban J connectivity index is 0.628. The first-order valence-corrected chi connectivity index (χ1v) is 19.7. The molecule has 0 bridgehead atoms. The quantitative estimate of drug-likeness (QED) is 0.0702. The second kappa shape index (κ2) is 16.6. The topological polar surface area (TPSA) is 124 Å². The lowest BCUT2D eigenvalue weighted by molar-refractivity contribution is 0.221. The van der Waals surface area contributed by atoms with Gasteiger partial charge in [-0.3, -0.25) is 0 Å². The predicted molar refractivity (Wildman–Crippen MR) is 213 cm³/mol. The highest BCUT2D eigenvalue weighted by atomic mass is 16.9. The molecule has 1 spiro atoms. The van der Waals surface area contributed by atoms with Crippen molar-refractivity contribution in [1.29, 1.82) is 0 Å². The fourth-order valence-electron chi connectivity index (χ4n) is 6.54. The van der Waals surface area contributed by atoms with E-state index in [1.807, 2.05) is 140 Å². The fourth-order valence-corrected chi connectivity index (χ4v) is 6.54. The van der Waals surface area contributed by atoms with Crippen molar-refractivity contribution < 1.29 is 56.8 Å². The number of benzene rings is 5. The van der Waals surface area contributed by atoms with Crippen LogP contribution >= 0.6 is 0 Å². The van der Waals surface area contributed by atoms with Gasteiger partial charge in [-0.25, -0.2) is 0 Å². The molecule has 4 saturated heterocycles. The maximum absolute atomic E-state index is 6.28. The molecule has 6 unspecified atom stereocenters. The number of hydrogen-bond acceptors (Lipinski definition) is 12. The molecule has 0 amide bonds. The summed E-state index contributed by atoms with van der Waals surface area (Å²) in [6.45, 7) is 3.34. The molecule has 4 heterocycles. The first-order chi connectivity index (χ1) is 29.1. The molecule has 6 atom stereocenters. The van der Waals surface area contributed by atoms with Crippen LogP contribution in [0.3, 0.4) is 0 Å². The van der Waals surface area contributed by atoms with Crippen LogP contribution in [0.5, 0.6) is 57.5 Å². The van der Waals surface area contributed by atoms with Gasteiger partial charge in [0.2, 0.25) is 5.79 Å². The van der Waals surface area contributed by atoms with Crippen molar-refractivity contribution >= 4 is 0 Å². The summed E-state index contributed by atoms with van der Waals surface area (Å²) in [4.78, 5) is 0. The monoisotopic (exact) mass is 798 g/mol. The Labute approximate surface area is 341 Å². The molecule has 4 aliphatic heterocycles. The summed E-state index contributed by atoms with van der Waals surface area (Å²) in [5, 5.41) is 0. The van der Waals surface area contributed by atoms with Crippen molar-refractivity contribution in [3.8, 4) is 57.5 Å². The molecule has 5 aliphatic rings. The Morgan fingerprint density at radius 3 is 1.46 bits per heavy atom. The zero-order chi connectivity index (χ0) is 39.4. The SMILES string of the molecule is C1=CC(Oc2cccc(OCC3OC34OC4COc3ccc(Oc4ccc(Oc5ccc(OCC6CO6)cc5)cc4)cc3)c2)CC(Oc2cccc(OCC3CO3)c2)=C1. The number of hydrogen-bond donors (Lipinski definition) is 0. The minimum Gasteiger partial charge on any atom is -0.491 e. The zero-order valence-corrected chi connectivity index (χ0v) is 32.0. The van der Waals surface area contributed by atoms with Crippen LogP contribution < -0.4 is 37.9 Å². The first-order valence-electron chi connectivity index (χ1n) is 19.7. The lowest BCUT2D eigenvalue weighted by atomic mass is 10.1. The largest absolute Gasteiger partial charge is 0.491 e. The van der Waals surface area contributed by atoms with Gasteiger partial charge in [0.15, 0.2) is 12.2 Å². The first kappa shape index (κ1) is 37.1. The molecule has 302 valence electrons. The van der Waals surface area contributed by atoms with Gasteiger partial charge >= 0.3 is 0 Å². The summed E-state index contributed by atoms with van der Waals surface area (Å²) in [5.74, 6) is 7.26. The molecule has 12 nitrogen and oxygen atoms in total. The van der Waals surface area contributed by atoms with Crippen LogP contribution in [0, 0.1) is 0 Å². The summed E-state index contributed by atoms with van der Waals surface area (Å²) in [7, 11) is 0. The number of rotatable bonds is 20. The van der Waals surface area contributed by atoms with Crippen molar-refractivity contribution in [3.63, 3.8) is 0 Å². The molecular weight excluding hydrogens is 757 g/mol. The van der Waals surface area contributed by atoms with Gasteiger partial charge in [0, 0.05) is 18.6 Å². The van der Waals surface area contributed by atoms with Gasteiger partial charge < -0.3 is 56.8 Å². The molecule has 12 heteroatoms. The van der Waals surface area contributed by atoms with Gasteiger partial charge in [-0.05, 0) is 109 Å². The average molecular weight is 799 g/mol. The van der Waals surface area contributed by atoms with E-state index in [2.05, 4.69) is 0 Å². The van der Waals surface area contributed by atoms with E-state index >= 15 is 0 Å². The van der Waals surface area contributed by atoms with Crippen molar-refractivity contribution in [2.45, 2.75) is 42.7 Å². The molecular formula is C47H42O12. The van der Waals surface area contributed by atoms with Crippen LogP contribution in [0.2, 0.25) is 0 Å². The molecule has 0 saturated carbocycles. The van der Waals surface area contributed by atoms with E-state index in [4.69, 9.17) is 56.8 Å². The standard InChI is InChI=1S/C47H42O12/c1-4-37(49-26-44-28-51-44)22-39(6-1)56-41-8-3-9-42(24-41)57-40-7-2-5-38(23-40)53-30-46-47(59-46)45(58-47)29-52-32-12-16-34(17-13-32)55-36-20-18-35(19-21-36)54-33-14-10-31(11-15-33)48-25-43-27-50-43/h1-23,42-46H,24-30H2. The van der Waals surface area contributed by atoms with Crippen molar-refractivity contribution in [1.82, 2.24) is 0 Å². The summed E-state index contributed by atoms with van der Waals surface area (Å²) in [6, 6.07) is 37.6. The maximum Gasteiger partial charge on any atom is 0.230 e. The molecule has 0 radical (unpaired) electrons. The number of ether oxygens (including phenoxy) is 12. The molecule has 1 aliphatic carbocycles. The summed E-state index contributed by atoms with van der Waals surface area (Å²) in [6.07, 6.45) is 6.34.